The average Bonchev–Trinajstić information content (AvgIpc) is 2.46. The topological polar surface area (TPSA) is 62.7 Å². The molecule has 2 N–H and O–H groups in total. The van der Waals surface area contributed by atoms with Gasteiger partial charge in [0.15, 0.2) is 0 Å². The molecule has 0 aliphatic rings. The molecule has 0 spiro atoms. The molecular formula is C17H19N5. The largest absolute Gasteiger partial charge is 0.365 e. The number of nitrogens with one attached hydrogen (secondary N) is 2. The summed E-state index contributed by atoms with van der Waals surface area (Å²) in [5.74, 6) is 1.34. The first-order chi connectivity index (χ1) is 10.5. The van der Waals surface area contributed by atoms with E-state index in [0.29, 0.717) is 5.95 Å². The lowest BCUT2D eigenvalue weighted by molar-refractivity contribution is 0.630. The maximum absolute atomic E-state index is 4.50. The first kappa shape index (κ1) is 14.3. The van der Waals surface area contributed by atoms with Gasteiger partial charge in [0.25, 0.3) is 0 Å². The maximum atomic E-state index is 4.50. The van der Waals surface area contributed by atoms with Crippen LogP contribution >= 0.6 is 0 Å². The zero-order valence-corrected chi connectivity index (χ0v) is 13.0. The van der Waals surface area contributed by atoms with Crippen molar-refractivity contribution in [1.29, 1.82) is 0 Å². The molecule has 2 aromatic heterocycles. The van der Waals surface area contributed by atoms with E-state index < -0.39 is 0 Å². The first-order valence-corrected chi connectivity index (χ1v) is 7.23. The number of hydrogen-bond acceptors (Lipinski definition) is 5. The molecule has 0 unspecified atom stereocenters. The number of nitrogens with zero attached hydrogens (tertiary/aromatic N) is 3. The van der Waals surface area contributed by atoms with Gasteiger partial charge in [-0.05, 0) is 39.0 Å². The molecular weight excluding hydrogens is 274 g/mol. The number of benzene rings is 1. The van der Waals surface area contributed by atoms with Crippen molar-refractivity contribution in [3.05, 3.63) is 48.8 Å². The summed E-state index contributed by atoms with van der Waals surface area (Å²) in [4.78, 5) is 13.2. The van der Waals surface area contributed by atoms with E-state index >= 15 is 0 Å². The first-order valence-electron chi connectivity index (χ1n) is 7.23. The van der Waals surface area contributed by atoms with Gasteiger partial charge in [-0.25, -0.2) is 4.98 Å². The fraction of sp³-hybridized carbons (Fsp3) is 0.235. The minimum atomic E-state index is -0.0490. The summed E-state index contributed by atoms with van der Waals surface area (Å²) in [5.41, 5.74) is 1.75. The molecule has 5 heteroatoms. The van der Waals surface area contributed by atoms with Crippen molar-refractivity contribution < 1.29 is 0 Å². The Morgan fingerprint density at radius 3 is 2.55 bits per heavy atom. The van der Waals surface area contributed by atoms with E-state index in [1.54, 1.807) is 12.4 Å². The van der Waals surface area contributed by atoms with E-state index in [2.05, 4.69) is 46.4 Å². The van der Waals surface area contributed by atoms with Crippen molar-refractivity contribution in [3.8, 4) is 0 Å². The van der Waals surface area contributed by atoms with E-state index in [0.717, 1.165) is 22.4 Å². The van der Waals surface area contributed by atoms with Crippen LogP contribution in [0, 0.1) is 0 Å². The van der Waals surface area contributed by atoms with Gasteiger partial charge in [-0.15, -0.1) is 0 Å². The molecule has 0 aliphatic carbocycles. The highest BCUT2D eigenvalue weighted by molar-refractivity contribution is 5.91. The summed E-state index contributed by atoms with van der Waals surface area (Å²) in [6.07, 6.45) is 3.52. The zero-order valence-electron chi connectivity index (χ0n) is 13.0. The molecule has 0 bridgehead atoms. The van der Waals surface area contributed by atoms with Gasteiger partial charge in [-0.3, -0.25) is 4.98 Å². The highest BCUT2D eigenvalue weighted by atomic mass is 15.2. The molecule has 0 radical (unpaired) electrons. The van der Waals surface area contributed by atoms with Crippen LogP contribution in [0.1, 0.15) is 20.8 Å². The Bertz CT molecular complexity index is 787. The van der Waals surface area contributed by atoms with Gasteiger partial charge in [0.1, 0.15) is 5.82 Å². The normalized spacial score (nSPS) is 11.4. The molecule has 5 nitrogen and oxygen atoms in total. The van der Waals surface area contributed by atoms with Gasteiger partial charge in [0, 0.05) is 23.3 Å². The summed E-state index contributed by atoms with van der Waals surface area (Å²) in [7, 11) is 0. The molecule has 0 aliphatic heterocycles. The molecule has 22 heavy (non-hydrogen) atoms. The third kappa shape index (κ3) is 3.31. The Labute approximate surface area is 129 Å². The summed E-state index contributed by atoms with van der Waals surface area (Å²) in [6, 6.07) is 11.8. The average molecular weight is 293 g/mol. The van der Waals surface area contributed by atoms with Crippen molar-refractivity contribution in [2.24, 2.45) is 0 Å². The van der Waals surface area contributed by atoms with Crippen molar-refractivity contribution in [1.82, 2.24) is 15.0 Å². The van der Waals surface area contributed by atoms with Crippen LogP contribution in [0.25, 0.3) is 10.9 Å². The van der Waals surface area contributed by atoms with Crippen molar-refractivity contribution in [2.75, 3.05) is 10.6 Å². The van der Waals surface area contributed by atoms with Crippen molar-refractivity contribution in [2.45, 2.75) is 26.3 Å². The maximum Gasteiger partial charge on any atom is 0.229 e. The molecule has 0 amide bonds. The molecule has 0 saturated heterocycles. The molecule has 112 valence electrons. The minimum Gasteiger partial charge on any atom is -0.365 e. The van der Waals surface area contributed by atoms with Crippen LogP contribution in [0.15, 0.2) is 48.8 Å². The second-order valence-corrected chi connectivity index (χ2v) is 6.15. The van der Waals surface area contributed by atoms with Gasteiger partial charge >= 0.3 is 0 Å². The Kier molecular flexibility index (Phi) is 3.63. The predicted molar refractivity (Wildman–Crippen MR) is 90.4 cm³/mol. The van der Waals surface area contributed by atoms with Gasteiger partial charge < -0.3 is 10.6 Å². The number of fused-ring (bicyclic) bond motifs is 1. The number of aromatic nitrogens is 3. The second kappa shape index (κ2) is 5.60. The SMILES string of the molecule is CC(C)(C)Nc1ccnc(Nc2cccc3cccnc23)n1. The smallest absolute Gasteiger partial charge is 0.229 e. The summed E-state index contributed by atoms with van der Waals surface area (Å²) in [5, 5.41) is 7.67. The number of anilines is 3. The predicted octanol–water partition coefficient (Wildman–Crippen LogP) is 3.98. The Hall–Kier alpha value is -2.69. The molecule has 1 aromatic carbocycles. The van der Waals surface area contributed by atoms with Crippen LogP contribution in [0.4, 0.5) is 17.5 Å². The lowest BCUT2D eigenvalue weighted by atomic mass is 10.1. The third-order valence-corrected chi connectivity index (χ3v) is 3.04. The number of pyridine rings is 1. The summed E-state index contributed by atoms with van der Waals surface area (Å²) < 4.78 is 0. The van der Waals surface area contributed by atoms with Gasteiger partial charge in [0.05, 0.1) is 11.2 Å². The fourth-order valence-electron chi connectivity index (χ4n) is 2.20. The molecule has 3 aromatic rings. The highest BCUT2D eigenvalue weighted by Crippen LogP contribution is 2.23. The van der Waals surface area contributed by atoms with Crippen LogP contribution in [0.2, 0.25) is 0 Å². The Morgan fingerprint density at radius 1 is 0.909 bits per heavy atom. The lowest BCUT2D eigenvalue weighted by Gasteiger charge is -2.21. The van der Waals surface area contributed by atoms with Crippen molar-refractivity contribution in [3.63, 3.8) is 0 Å². The minimum absolute atomic E-state index is 0.0490. The fourth-order valence-corrected chi connectivity index (χ4v) is 2.20. The summed E-state index contributed by atoms with van der Waals surface area (Å²) >= 11 is 0. The van der Waals surface area contributed by atoms with Crippen LogP contribution in [-0.2, 0) is 0 Å². The molecule has 0 atom stereocenters. The lowest BCUT2D eigenvalue weighted by Crippen LogP contribution is -2.26. The zero-order chi connectivity index (χ0) is 15.6. The second-order valence-electron chi connectivity index (χ2n) is 6.15. The van der Waals surface area contributed by atoms with Crippen LogP contribution in [0.5, 0.6) is 0 Å². The molecule has 0 fully saturated rings. The van der Waals surface area contributed by atoms with Crippen molar-refractivity contribution >= 4 is 28.4 Å². The number of rotatable bonds is 3. The monoisotopic (exact) mass is 293 g/mol. The van der Waals surface area contributed by atoms with Gasteiger partial charge in [0.2, 0.25) is 5.95 Å². The Morgan fingerprint density at radius 2 is 1.73 bits per heavy atom. The quantitative estimate of drug-likeness (QED) is 0.765. The molecule has 0 saturated carbocycles. The van der Waals surface area contributed by atoms with Gasteiger partial charge in [-0.1, -0.05) is 18.2 Å². The highest BCUT2D eigenvalue weighted by Gasteiger charge is 2.11. The number of para-hydroxylation sites is 1. The van der Waals surface area contributed by atoms with Crippen LogP contribution in [-0.4, -0.2) is 20.5 Å². The standard InChI is InChI=1S/C17H19N5/c1-17(2,3)22-14-9-11-19-16(21-14)20-13-8-4-6-12-7-5-10-18-15(12)13/h4-11H,1-3H3,(H2,19,20,21,22). The Balaban J connectivity index is 1.91. The van der Waals surface area contributed by atoms with E-state index in [9.17, 15) is 0 Å². The van der Waals surface area contributed by atoms with E-state index in [4.69, 9.17) is 0 Å². The summed E-state index contributed by atoms with van der Waals surface area (Å²) in [6.45, 7) is 6.28. The third-order valence-electron chi connectivity index (χ3n) is 3.04. The van der Waals surface area contributed by atoms with E-state index in [1.165, 1.54) is 0 Å². The molecule has 3 rings (SSSR count). The van der Waals surface area contributed by atoms with E-state index in [-0.39, 0.29) is 5.54 Å². The number of hydrogen-bond donors (Lipinski definition) is 2. The van der Waals surface area contributed by atoms with Gasteiger partial charge in [-0.2, -0.15) is 4.98 Å². The van der Waals surface area contributed by atoms with Crippen LogP contribution < -0.4 is 10.6 Å². The van der Waals surface area contributed by atoms with Crippen LogP contribution in [0.3, 0.4) is 0 Å². The molecule has 2 heterocycles. The van der Waals surface area contributed by atoms with E-state index in [1.807, 2.05) is 36.4 Å².